The first-order valence-corrected chi connectivity index (χ1v) is 7.43. The van der Waals surface area contributed by atoms with Gasteiger partial charge >= 0.3 is 11.8 Å². The molecule has 0 aromatic carbocycles. The molecule has 2 bridgehead atoms. The highest BCUT2D eigenvalue weighted by Gasteiger charge is 2.48. The van der Waals surface area contributed by atoms with Crippen LogP contribution >= 0.6 is 0 Å². The second-order valence-corrected chi connectivity index (χ2v) is 7.02. The summed E-state index contributed by atoms with van der Waals surface area (Å²) in [5.74, 6) is 0.275. The van der Waals surface area contributed by atoms with Gasteiger partial charge in [0.2, 0.25) is 0 Å². The second-order valence-electron chi connectivity index (χ2n) is 7.02. The van der Waals surface area contributed by atoms with E-state index in [0.717, 1.165) is 12.8 Å². The average molecular weight is 308 g/mol. The number of carbonyl (C=O) groups is 1. The van der Waals surface area contributed by atoms with Crippen LogP contribution in [-0.2, 0) is 4.74 Å². The predicted octanol–water partition coefficient (Wildman–Crippen LogP) is 2.36. The van der Waals surface area contributed by atoms with Crippen molar-refractivity contribution in [1.29, 1.82) is 0 Å². The molecule has 0 spiro atoms. The van der Waals surface area contributed by atoms with Gasteiger partial charge in [0.05, 0.1) is 11.0 Å². The van der Waals surface area contributed by atoms with Crippen molar-refractivity contribution in [2.75, 3.05) is 6.54 Å². The molecule has 1 aromatic rings. The number of nitrogens with zero attached hydrogens (tertiary/aromatic N) is 4. The van der Waals surface area contributed by atoms with E-state index < -0.39 is 10.5 Å². The Bertz CT molecular complexity index is 606. The van der Waals surface area contributed by atoms with E-state index in [0.29, 0.717) is 6.54 Å². The largest absolute Gasteiger partial charge is 0.444 e. The Morgan fingerprint density at radius 2 is 2.18 bits per heavy atom. The molecule has 1 aromatic heterocycles. The summed E-state index contributed by atoms with van der Waals surface area (Å²) in [5, 5.41) is 14.9. The van der Waals surface area contributed by atoms with Crippen LogP contribution in [0.1, 0.15) is 39.7 Å². The number of piperidine rings is 1. The van der Waals surface area contributed by atoms with Gasteiger partial charge in [0.1, 0.15) is 18.0 Å². The van der Waals surface area contributed by atoms with Gasteiger partial charge in [-0.1, -0.05) is 0 Å². The Morgan fingerprint density at radius 1 is 1.45 bits per heavy atom. The van der Waals surface area contributed by atoms with Crippen LogP contribution < -0.4 is 0 Å². The summed E-state index contributed by atoms with van der Waals surface area (Å²) in [6, 6.07) is 0.255. The molecule has 0 radical (unpaired) electrons. The summed E-state index contributed by atoms with van der Waals surface area (Å²) in [7, 11) is 0. The Kier molecular flexibility index (Phi) is 3.34. The second kappa shape index (κ2) is 4.96. The molecule has 1 aliphatic heterocycles. The number of ether oxygens (including phenoxy) is 1. The Balaban J connectivity index is 1.66. The molecule has 8 nitrogen and oxygen atoms in total. The molecule has 1 unspecified atom stereocenters. The third-order valence-electron chi connectivity index (χ3n) is 4.27. The van der Waals surface area contributed by atoms with E-state index in [1.165, 1.54) is 12.4 Å². The maximum absolute atomic E-state index is 12.2. The van der Waals surface area contributed by atoms with Crippen LogP contribution in [0.5, 0.6) is 0 Å². The van der Waals surface area contributed by atoms with Crippen LogP contribution in [0.3, 0.4) is 0 Å². The van der Waals surface area contributed by atoms with E-state index in [1.54, 1.807) is 9.58 Å². The quantitative estimate of drug-likeness (QED) is 0.618. The molecule has 3 atom stereocenters. The highest BCUT2D eigenvalue weighted by molar-refractivity contribution is 5.69. The molecule has 1 aliphatic carbocycles. The third kappa shape index (κ3) is 2.65. The number of hydrogen-bond donors (Lipinski definition) is 0. The van der Waals surface area contributed by atoms with Gasteiger partial charge in [-0.25, -0.2) is 4.79 Å². The van der Waals surface area contributed by atoms with Gasteiger partial charge < -0.3 is 9.64 Å². The van der Waals surface area contributed by atoms with Crippen molar-refractivity contribution in [3.8, 4) is 0 Å². The number of nitro groups is 1. The fourth-order valence-electron chi connectivity index (χ4n) is 3.40. The maximum Gasteiger partial charge on any atom is 0.410 e. The van der Waals surface area contributed by atoms with Gasteiger partial charge in [-0.15, -0.1) is 0 Å². The first-order chi connectivity index (χ1) is 10.2. The van der Waals surface area contributed by atoms with Crippen LogP contribution in [0.25, 0.3) is 0 Å². The fraction of sp³-hybridized carbons (Fsp3) is 0.714. The molecular weight excluding hydrogens is 288 g/mol. The van der Waals surface area contributed by atoms with Crippen LogP contribution in [0.15, 0.2) is 12.4 Å². The zero-order chi connectivity index (χ0) is 16.1. The summed E-state index contributed by atoms with van der Waals surface area (Å²) in [5.41, 5.74) is -0.493. The molecule has 1 saturated carbocycles. The highest BCUT2D eigenvalue weighted by Crippen LogP contribution is 2.45. The lowest BCUT2D eigenvalue weighted by Crippen LogP contribution is -2.43. The zero-order valence-electron chi connectivity index (χ0n) is 12.9. The first kappa shape index (κ1) is 14.8. The monoisotopic (exact) mass is 308 g/mol. The van der Waals surface area contributed by atoms with Crippen molar-refractivity contribution < 1.29 is 14.5 Å². The Morgan fingerprint density at radius 3 is 2.68 bits per heavy atom. The molecule has 2 fully saturated rings. The van der Waals surface area contributed by atoms with Gasteiger partial charge in [-0.2, -0.15) is 5.10 Å². The smallest absolute Gasteiger partial charge is 0.410 e. The summed E-state index contributed by atoms with van der Waals surface area (Å²) in [4.78, 5) is 24.3. The molecule has 8 heteroatoms. The van der Waals surface area contributed by atoms with E-state index in [-0.39, 0.29) is 29.8 Å². The number of rotatable bonds is 2. The van der Waals surface area contributed by atoms with Crippen molar-refractivity contribution in [2.45, 2.75) is 51.3 Å². The summed E-state index contributed by atoms with van der Waals surface area (Å²) in [6.45, 7) is 6.18. The standard InChI is InChI=1S/C14H20N4O4/c1-14(2,3)22-13(19)16-7-9-4-10(16)5-12(9)17-8-11(6-15-17)18(20)21/h6,8-10,12H,4-5,7H2,1-3H3/t9-,10-,12?/m0/s1. The maximum atomic E-state index is 12.2. The lowest BCUT2D eigenvalue weighted by Gasteiger charge is -2.33. The van der Waals surface area contributed by atoms with E-state index in [9.17, 15) is 14.9 Å². The van der Waals surface area contributed by atoms with Crippen LogP contribution in [-0.4, -0.2) is 43.9 Å². The van der Waals surface area contributed by atoms with Gasteiger partial charge in [0.25, 0.3) is 0 Å². The van der Waals surface area contributed by atoms with Crippen molar-refractivity contribution in [3.05, 3.63) is 22.5 Å². The number of carbonyl (C=O) groups excluding carboxylic acids is 1. The van der Waals surface area contributed by atoms with E-state index >= 15 is 0 Å². The molecule has 0 N–H and O–H groups in total. The lowest BCUT2D eigenvalue weighted by molar-refractivity contribution is -0.385. The van der Waals surface area contributed by atoms with Crippen molar-refractivity contribution in [1.82, 2.24) is 14.7 Å². The Labute approximate surface area is 128 Å². The molecular formula is C14H20N4O4. The van der Waals surface area contributed by atoms with E-state index in [4.69, 9.17) is 4.74 Å². The fourth-order valence-corrected chi connectivity index (χ4v) is 3.40. The molecule has 1 amide bonds. The van der Waals surface area contributed by atoms with Gasteiger partial charge in [-0.05, 0) is 33.6 Å². The SMILES string of the molecule is CC(C)(C)OC(=O)N1C[C@@H]2C[C@H]1CC2n1cc([N+](=O)[O-])cn1. The lowest BCUT2D eigenvalue weighted by atomic mass is 10.0. The number of fused-ring (bicyclic) bond motifs is 2. The van der Waals surface area contributed by atoms with Crippen LogP contribution in [0.4, 0.5) is 10.5 Å². The van der Waals surface area contributed by atoms with Crippen molar-refractivity contribution >= 4 is 11.8 Å². The minimum atomic E-state index is -0.499. The van der Waals surface area contributed by atoms with Crippen LogP contribution in [0, 0.1) is 16.0 Å². The normalized spacial score (nSPS) is 27.2. The molecule has 22 heavy (non-hydrogen) atoms. The topological polar surface area (TPSA) is 90.5 Å². The molecule has 2 aliphatic rings. The molecule has 2 heterocycles. The van der Waals surface area contributed by atoms with Gasteiger partial charge in [0, 0.05) is 18.5 Å². The molecule has 120 valence electrons. The molecule has 3 rings (SSSR count). The Hall–Kier alpha value is -2.12. The van der Waals surface area contributed by atoms with E-state index in [2.05, 4.69) is 5.10 Å². The summed E-state index contributed by atoms with van der Waals surface area (Å²) < 4.78 is 7.10. The minimum absolute atomic E-state index is 0.00627. The average Bonchev–Trinajstić information content (AvgIpc) is 3.10. The number of hydrogen-bond acceptors (Lipinski definition) is 5. The van der Waals surface area contributed by atoms with Crippen molar-refractivity contribution in [2.24, 2.45) is 5.92 Å². The third-order valence-corrected chi connectivity index (χ3v) is 4.27. The zero-order valence-corrected chi connectivity index (χ0v) is 12.9. The number of likely N-dealkylation sites (tertiary alicyclic amines) is 1. The number of amides is 1. The van der Waals surface area contributed by atoms with Gasteiger partial charge in [-0.3, -0.25) is 14.8 Å². The predicted molar refractivity (Wildman–Crippen MR) is 77.4 cm³/mol. The summed E-state index contributed by atoms with van der Waals surface area (Å²) in [6.07, 6.45) is 4.14. The van der Waals surface area contributed by atoms with Crippen LogP contribution in [0.2, 0.25) is 0 Å². The summed E-state index contributed by atoms with van der Waals surface area (Å²) >= 11 is 0. The van der Waals surface area contributed by atoms with Crippen molar-refractivity contribution in [3.63, 3.8) is 0 Å². The number of aromatic nitrogens is 2. The highest BCUT2D eigenvalue weighted by atomic mass is 16.6. The first-order valence-electron chi connectivity index (χ1n) is 7.43. The minimum Gasteiger partial charge on any atom is -0.444 e. The molecule has 1 saturated heterocycles. The van der Waals surface area contributed by atoms with E-state index in [1.807, 2.05) is 20.8 Å². The van der Waals surface area contributed by atoms with Gasteiger partial charge in [0.15, 0.2) is 0 Å².